The van der Waals surface area contributed by atoms with Crippen LogP contribution < -0.4 is 0 Å². The molecule has 2 aliphatic carbocycles. The van der Waals surface area contributed by atoms with E-state index in [0.717, 1.165) is 30.2 Å². The summed E-state index contributed by atoms with van der Waals surface area (Å²) >= 11 is 0. The van der Waals surface area contributed by atoms with Crippen molar-refractivity contribution in [2.75, 3.05) is 12.9 Å². The van der Waals surface area contributed by atoms with Crippen molar-refractivity contribution in [1.29, 1.82) is 0 Å². The van der Waals surface area contributed by atoms with Crippen molar-refractivity contribution in [3.63, 3.8) is 0 Å². The zero-order chi connectivity index (χ0) is 17.9. The van der Waals surface area contributed by atoms with Crippen molar-refractivity contribution < 1.29 is 31.8 Å². The largest absolute Gasteiger partial charge is 0.466 e. The molecule has 3 unspecified atom stereocenters. The maximum Gasteiger partial charge on any atom is 0.302 e. The van der Waals surface area contributed by atoms with Crippen molar-refractivity contribution in [2.45, 2.75) is 32.6 Å². The van der Waals surface area contributed by atoms with Gasteiger partial charge in [0.1, 0.15) is 0 Å². The number of esters is 1. The normalized spacial score (nSPS) is 28.1. The fraction of sp³-hybridized carbons (Fsp3) is 0.667. The van der Waals surface area contributed by atoms with Gasteiger partial charge in [-0.05, 0) is 37.0 Å². The van der Waals surface area contributed by atoms with Gasteiger partial charge in [0.2, 0.25) is 0 Å². The van der Waals surface area contributed by atoms with Gasteiger partial charge in [0, 0.05) is 19.1 Å². The summed E-state index contributed by atoms with van der Waals surface area (Å²) in [6, 6.07) is 0. The summed E-state index contributed by atoms with van der Waals surface area (Å²) in [6.45, 7) is 2.17. The molecule has 3 rings (SSSR count). The summed E-state index contributed by atoms with van der Waals surface area (Å²) in [5, 5.41) is 0.176. The van der Waals surface area contributed by atoms with Crippen LogP contribution >= 0.6 is 0 Å². The van der Waals surface area contributed by atoms with E-state index in [1.807, 2.05) is 0 Å². The molecule has 2 fully saturated rings. The second kappa shape index (κ2) is 7.43. The standard InChI is InChI=1S/C10H16O2.C5H5NO5S/c1-7(11)12-6-10-5-8-2-3-9(10)4-8;1-12(9,10)11-6-4(7)2-3-5(6)8/h8-10H,2-6H2,1H3;2-3H,1H3. The van der Waals surface area contributed by atoms with Crippen molar-refractivity contribution in [3.05, 3.63) is 12.2 Å². The van der Waals surface area contributed by atoms with Crippen molar-refractivity contribution in [3.8, 4) is 0 Å². The number of fused-ring (bicyclic) bond motifs is 2. The third kappa shape index (κ3) is 5.13. The summed E-state index contributed by atoms with van der Waals surface area (Å²) in [5.74, 6) is 0.784. The van der Waals surface area contributed by atoms with Gasteiger partial charge >= 0.3 is 5.97 Å². The van der Waals surface area contributed by atoms with Gasteiger partial charge in [0.05, 0.1) is 12.9 Å². The number of carbonyl (C=O) groups excluding carboxylic acids is 3. The lowest BCUT2D eigenvalue weighted by Gasteiger charge is -2.20. The summed E-state index contributed by atoms with van der Waals surface area (Å²) in [6.07, 6.45) is 8.08. The third-order valence-corrected chi connectivity index (χ3v) is 4.78. The number of imide groups is 1. The lowest BCUT2D eigenvalue weighted by atomic mass is 9.90. The highest BCUT2D eigenvalue weighted by atomic mass is 32.2. The number of hydroxylamine groups is 2. The van der Waals surface area contributed by atoms with Crippen molar-refractivity contribution >= 4 is 27.9 Å². The molecule has 0 N–H and O–H groups in total. The van der Waals surface area contributed by atoms with Gasteiger partial charge in [0.25, 0.3) is 21.9 Å². The number of rotatable bonds is 4. The average molecular weight is 359 g/mol. The second-order valence-electron chi connectivity index (χ2n) is 6.32. The van der Waals surface area contributed by atoms with Gasteiger partial charge < -0.3 is 4.74 Å². The van der Waals surface area contributed by atoms with Gasteiger partial charge in [-0.3, -0.25) is 14.4 Å². The number of hydrogen-bond acceptors (Lipinski definition) is 7. The Hall–Kier alpha value is -1.74. The molecule has 0 radical (unpaired) electrons. The van der Waals surface area contributed by atoms with Crippen LogP contribution in [0.25, 0.3) is 0 Å². The second-order valence-corrected chi connectivity index (χ2v) is 7.88. The summed E-state index contributed by atoms with van der Waals surface area (Å²) in [7, 11) is -3.83. The molecular formula is C15H21NO7S. The predicted molar refractivity (Wildman–Crippen MR) is 82.5 cm³/mol. The Morgan fingerprint density at radius 1 is 1.21 bits per heavy atom. The Morgan fingerprint density at radius 3 is 2.25 bits per heavy atom. The molecule has 2 bridgehead atoms. The highest BCUT2D eigenvalue weighted by Crippen LogP contribution is 2.48. The fourth-order valence-corrected chi connectivity index (χ4v) is 3.82. The van der Waals surface area contributed by atoms with E-state index < -0.39 is 21.9 Å². The zero-order valence-corrected chi connectivity index (χ0v) is 14.5. The molecule has 24 heavy (non-hydrogen) atoms. The first-order valence-corrected chi connectivity index (χ1v) is 9.56. The van der Waals surface area contributed by atoms with Crippen LogP contribution in [0.2, 0.25) is 0 Å². The summed E-state index contributed by atoms with van der Waals surface area (Å²) < 4.78 is 30.1. The van der Waals surface area contributed by atoms with Crippen molar-refractivity contribution in [2.24, 2.45) is 17.8 Å². The first kappa shape index (κ1) is 18.6. The van der Waals surface area contributed by atoms with Crippen LogP contribution in [0.3, 0.4) is 0 Å². The molecule has 134 valence electrons. The molecule has 0 aromatic heterocycles. The lowest BCUT2D eigenvalue weighted by molar-refractivity contribution is -0.161. The van der Waals surface area contributed by atoms with E-state index in [-0.39, 0.29) is 11.0 Å². The predicted octanol–water partition coefficient (Wildman–Crippen LogP) is 0.788. The molecule has 3 atom stereocenters. The van der Waals surface area contributed by atoms with Crippen LogP contribution in [0.4, 0.5) is 0 Å². The summed E-state index contributed by atoms with van der Waals surface area (Å²) in [4.78, 5) is 32.0. The molecule has 0 spiro atoms. The minimum Gasteiger partial charge on any atom is -0.466 e. The van der Waals surface area contributed by atoms with Crippen molar-refractivity contribution in [1.82, 2.24) is 5.06 Å². The monoisotopic (exact) mass is 359 g/mol. The van der Waals surface area contributed by atoms with Gasteiger partial charge in [-0.1, -0.05) is 6.42 Å². The highest BCUT2D eigenvalue weighted by Gasteiger charge is 2.39. The minimum atomic E-state index is -3.83. The molecule has 1 heterocycles. The van der Waals surface area contributed by atoms with Gasteiger partial charge in [-0.25, -0.2) is 0 Å². The van der Waals surface area contributed by atoms with E-state index in [9.17, 15) is 22.8 Å². The lowest BCUT2D eigenvalue weighted by Crippen LogP contribution is -2.32. The number of ether oxygens (including phenoxy) is 1. The fourth-order valence-electron chi connectivity index (χ4n) is 3.40. The zero-order valence-electron chi connectivity index (χ0n) is 13.6. The molecule has 1 aliphatic heterocycles. The maximum absolute atomic E-state index is 10.7. The van der Waals surface area contributed by atoms with E-state index in [4.69, 9.17) is 4.74 Å². The Balaban J connectivity index is 0.000000174. The van der Waals surface area contributed by atoms with Crippen LogP contribution in [-0.4, -0.2) is 44.1 Å². The first-order valence-electron chi connectivity index (χ1n) is 7.74. The highest BCUT2D eigenvalue weighted by molar-refractivity contribution is 7.85. The first-order chi connectivity index (χ1) is 11.2. The molecular weight excluding hydrogens is 338 g/mol. The van der Waals surface area contributed by atoms with Gasteiger partial charge in [-0.15, -0.1) is 9.35 Å². The molecule has 0 aromatic rings. The molecule has 2 amide bonds. The minimum absolute atomic E-state index is 0.127. The summed E-state index contributed by atoms with van der Waals surface area (Å²) in [5.41, 5.74) is 0. The van der Waals surface area contributed by atoms with Crippen LogP contribution in [0, 0.1) is 17.8 Å². The van der Waals surface area contributed by atoms with Gasteiger partial charge in [0.15, 0.2) is 0 Å². The van der Waals surface area contributed by atoms with E-state index in [1.54, 1.807) is 0 Å². The number of nitrogens with zero attached hydrogens (tertiary/aromatic N) is 1. The number of hydrogen-bond donors (Lipinski definition) is 0. The van der Waals surface area contributed by atoms with E-state index in [1.165, 1.54) is 32.6 Å². The maximum atomic E-state index is 10.7. The van der Waals surface area contributed by atoms with Crippen LogP contribution in [0.15, 0.2) is 12.2 Å². The Kier molecular flexibility index (Phi) is 5.76. The van der Waals surface area contributed by atoms with Crippen LogP contribution in [0.1, 0.15) is 32.6 Å². The van der Waals surface area contributed by atoms with E-state index in [0.29, 0.717) is 12.5 Å². The number of amides is 2. The average Bonchev–Trinajstić information content (AvgIpc) is 3.16. The molecule has 2 saturated carbocycles. The SMILES string of the molecule is CC(=O)OCC1CC2CCC1C2.CS(=O)(=O)ON1C(=O)C=CC1=O. The van der Waals surface area contributed by atoms with E-state index >= 15 is 0 Å². The van der Waals surface area contributed by atoms with Crippen LogP contribution in [-0.2, 0) is 33.5 Å². The molecule has 0 aromatic carbocycles. The third-order valence-electron chi connectivity index (χ3n) is 4.36. The molecule has 0 saturated heterocycles. The molecule has 8 nitrogen and oxygen atoms in total. The number of carbonyl (C=O) groups is 3. The molecule has 3 aliphatic rings. The van der Waals surface area contributed by atoms with Gasteiger partial charge in [-0.2, -0.15) is 8.42 Å². The van der Waals surface area contributed by atoms with E-state index in [2.05, 4.69) is 4.28 Å². The Morgan fingerprint density at radius 2 is 1.83 bits per heavy atom. The smallest absolute Gasteiger partial charge is 0.302 e. The Labute approximate surface area is 140 Å². The topological polar surface area (TPSA) is 107 Å². The Bertz CT molecular complexity index is 637. The quantitative estimate of drug-likeness (QED) is 0.539. The molecule has 9 heteroatoms. The van der Waals surface area contributed by atoms with Crippen LogP contribution in [0.5, 0.6) is 0 Å².